The molecule has 0 spiro atoms. The molecule has 0 saturated carbocycles. The quantitative estimate of drug-likeness (QED) is 0.165. The summed E-state index contributed by atoms with van der Waals surface area (Å²) in [5.41, 5.74) is 6.91. The van der Waals surface area contributed by atoms with Crippen molar-refractivity contribution in [2.75, 3.05) is 0 Å². The van der Waals surface area contributed by atoms with Crippen LogP contribution in [0.3, 0.4) is 0 Å². The van der Waals surface area contributed by atoms with Gasteiger partial charge in [-0.05, 0) is 80.0 Å². The van der Waals surface area contributed by atoms with E-state index in [-0.39, 0.29) is 0 Å². The Kier molecular flexibility index (Phi) is 5.59. The van der Waals surface area contributed by atoms with Crippen LogP contribution in [0.2, 0.25) is 0 Å². The maximum Gasteiger partial charge on any atom is 0.135 e. The standard InChI is InChI=1S/C48H26OS2/c1-3-15-32-30(13-1)44(27-21-24-41-37(25-27)28-11-5-8-18-40(28)49-41)31-14-2-4-16-33(31)45(32)39-26-38-34(46-36-17-7-10-20-43(36)51-48(39)46)22-23-35-29-12-6-9-19-42(29)50-47(35)38/h1-26H. The first-order valence-corrected chi connectivity index (χ1v) is 19.0. The maximum atomic E-state index is 6.25. The maximum absolute atomic E-state index is 6.25. The van der Waals surface area contributed by atoms with Gasteiger partial charge in [0.15, 0.2) is 0 Å². The Morgan fingerprint density at radius 3 is 1.63 bits per heavy atom. The first-order valence-electron chi connectivity index (χ1n) is 17.3. The first-order chi connectivity index (χ1) is 25.3. The Hall–Kier alpha value is -6.00. The summed E-state index contributed by atoms with van der Waals surface area (Å²) in [6.07, 6.45) is 0. The number of para-hydroxylation sites is 1. The van der Waals surface area contributed by atoms with Crippen LogP contribution in [0.4, 0.5) is 0 Å². The van der Waals surface area contributed by atoms with E-state index in [9.17, 15) is 0 Å². The first kappa shape index (κ1) is 27.8. The average Bonchev–Trinajstić information content (AvgIpc) is 3.88. The molecule has 0 fully saturated rings. The van der Waals surface area contributed by atoms with Gasteiger partial charge < -0.3 is 4.42 Å². The van der Waals surface area contributed by atoms with Gasteiger partial charge in [0.05, 0.1) is 0 Å². The molecule has 0 radical (unpaired) electrons. The molecule has 1 nitrogen and oxygen atoms in total. The zero-order valence-electron chi connectivity index (χ0n) is 27.2. The smallest absolute Gasteiger partial charge is 0.135 e. The van der Waals surface area contributed by atoms with Crippen molar-refractivity contribution < 1.29 is 4.42 Å². The molecule has 0 bridgehead atoms. The van der Waals surface area contributed by atoms with Crippen LogP contribution in [0.1, 0.15) is 0 Å². The molecule has 236 valence electrons. The van der Waals surface area contributed by atoms with Crippen LogP contribution in [0.5, 0.6) is 0 Å². The summed E-state index contributed by atoms with van der Waals surface area (Å²) in [6.45, 7) is 0. The molecular weight excluding hydrogens is 657 g/mol. The summed E-state index contributed by atoms with van der Waals surface area (Å²) < 4.78 is 11.6. The van der Waals surface area contributed by atoms with Crippen molar-refractivity contribution >= 4 is 117 Å². The van der Waals surface area contributed by atoms with E-state index in [0.717, 1.165) is 21.9 Å². The van der Waals surface area contributed by atoms with Crippen LogP contribution in [0.25, 0.3) is 117 Å². The van der Waals surface area contributed by atoms with E-state index in [1.165, 1.54) is 94.9 Å². The SMILES string of the molecule is c1ccc2c(c1)oc1ccc(-c3c4ccccc4c(-c4cc5c(ccc6c7ccccc7sc65)c5c4sc4ccccc45)c4ccccc34)cc12. The molecule has 3 aromatic heterocycles. The molecule has 0 aliphatic rings. The summed E-state index contributed by atoms with van der Waals surface area (Å²) in [5.74, 6) is 0. The highest BCUT2D eigenvalue weighted by Gasteiger charge is 2.23. The van der Waals surface area contributed by atoms with Gasteiger partial charge in [0, 0.05) is 62.1 Å². The summed E-state index contributed by atoms with van der Waals surface area (Å²) in [6, 6.07) is 58.1. The Labute approximate surface area is 300 Å². The van der Waals surface area contributed by atoms with Gasteiger partial charge in [0.25, 0.3) is 0 Å². The molecule has 9 aromatic carbocycles. The molecular formula is C48H26OS2. The number of benzene rings is 9. The van der Waals surface area contributed by atoms with Crippen molar-refractivity contribution in [1.29, 1.82) is 0 Å². The largest absolute Gasteiger partial charge is 0.456 e. The lowest BCUT2D eigenvalue weighted by atomic mass is 9.84. The van der Waals surface area contributed by atoms with Crippen LogP contribution >= 0.6 is 22.7 Å². The molecule has 0 aliphatic carbocycles. The molecule has 0 N–H and O–H groups in total. The second-order valence-corrected chi connectivity index (χ2v) is 15.6. The van der Waals surface area contributed by atoms with E-state index in [0.29, 0.717) is 0 Å². The highest BCUT2D eigenvalue weighted by atomic mass is 32.1. The van der Waals surface area contributed by atoms with Crippen LogP contribution in [0, 0.1) is 0 Å². The third-order valence-corrected chi connectivity index (χ3v) is 13.3. The minimum absolute atomic E-state index is 0.918. The molecule has 12 rings (SSSR count). The fourth-order valence-corrected chi connectivity index (χ4v) is 11.1. The summed E-state index contributed by atoms with van der Waals surface area (Å²) in [5, 5.41) is 15.4. The van der Waals surface area contributed by atoms with Crippen LogP contribution < -0.4 is 0 Å². The lowest BCUT2D eigenvalue weighted by Gasteiger charge is -2.19. The third kappa shape index (κ3) is 3.80. The van der Waals surface area contributed by atoms with E-state index in [1.807, 2.05) is 28.7 Å². The number of hydrogen-bond donors (Lipinski definition) is 0. The van der Waals surface area contributed by atoms with E-state index < -0.39 is 0 Å². The van der Waals surface area contributed by atoms with Crippen molar-refractivity contribution in [3.05, 3.63) is 158 Å². The highest BCUT2D eigenvalue weighted by Crippen LogP contribution is 2.52. The van der Waals surface area contributed by atoms with E-state index in [4.69, 9.17) is 4.42 Å². The van der Waals surface area contributed by atoms with E-state index in [1.54, 1.807) is 0 Å². The molecule has 3 heterocycles. The van der Waals surface area contributed by atoms with Crippen molar-refractivity contribution in [2.24, 2.45) is 0 Å². The van der Waals surface area contributed by atoms with Gasteiger partial charge in [-0.2, -0.15) is 0 Å². The Balaban J connectivity index is 1.25. The molecule has 0 aliphatic heterocycles. The zero-order chi connectivity index (χ0) is 33.2. The fourth-order valence-electron chi connectivity index (χ4n) is 8.68. The number of thiophene rings is 2. The minimum atomic E-state index is 0.918. The monoisotopic (exact) mass is 682 g/mol. The zero-order valence-corrected chi connectivity index (χ0v) is 28.9. The Bertz CT molecular complexity index is 3370. The summed E-state index contributed by atoms with van der Waals surface area (Å²) in [7, 11) is 0. The normalized spacial score (nSPS) is 12.3. The van der Waals surface area contributed by atoms with Gasteiger partial charge in [-0.3, -0.25) is 0 Å². The lowest BCUT2D eigenvalue weighted by Crippen LogP contribution is -1.91. The lowest BCUT2D eigenvalue weighted by molar-refractivity contribution is 0.669. The Morgan fingerprint density at radius 2 is 0.882 bits per heavy atom. The number of furan rings is 1. The van der Waals surface area contributed by atoms with Crippen LogP contribution in [-0.4, -0.2) is 0 Å². The van der Waals surface area contributed by atoms with Crippen molar-refractivity contribution in [3.63, 3.8) is 0 Å². The molecule has 0 saturated heterocycles. The molecule has 3 heteroatoms. The number of rotatable bonds is 2. The molecule has 0 atom stereocenters. The number of fused-ring (bicyclic) bond motifs is 14. The van der Waals surface area contributed by atoms with Gasteiger partial charge in [-0.25, -0.2) is 0 Å². The van der Waals surface area contributed by atoms with Gasteiger partial charge in [0.2, 0.25) is 0 Å². The fraction of sp³-hybridized carbons (Fsp3) is 0. The van der Waals surface area contributed by atoms with Gasteiger partial charge in [0.1, 0.15) is 11.2 Å². The number of hydrogen-bond acceptors (Lipinski definition) is 3. The van der Waals surface area contributed by atoms with Gasteiger partial charge >= 0.3 is 0 Å². The highest BCUT2D eigenvalue weighted by molar-refractivity contribution is 7.27. The molecule has 0 amide bonds. The predicted molar refractivity (Wildman–Crippen MR) is 223 cm³/mol. The molecule has 51 heavy (non-hydrogen) atoms. The van der Waals surface area contributed by atoms with Crippen molar-refractivity contribution in [2.45, 2.75) is 0 Å². The topological polar surface area (TPSA) is 13.1 Å². The third-order valence-electron chi connectivity index (χ3n) is 10.8. The Morgan fingerprint density at radius 1 is 0.333 bits per heavy atom. The van der Waals surface area contributed by atoms with Crippen LogP contribution in [0.15, 0.2) is 162 Å². The second-order valence-electron chi connectivity index (χ2n) is 13.5. The van der Waals surface area contributed by atoms with Gasteiger partial charge in [-0.1, -0.05) is 121 Å². The van der Waals surface area contributed by atoms with Crippen molar-refractivity contribution in [3.8, 4) is 22.3 Å². The van der Waals surface area contributed by atoms with Crippen molar-refractivity contribution in [1.82, 2.24) is 0 Å². The van der Waals surface area contributed by atoms with E-state index in [2.05, 4.69) is 152 Å². The predicted octanol–water partition coefficient (Wildman–Crippen LogP) is 15.1. The minimum Gasteiger partial charge on any atom is -0.456 e. The summed E-state index contributed by atoms with van der Waals surface area (Å²) >= 11 is 3.84. The summed E-state index contributed by atoms with van der Waals surface area (Å²) in [4.78, 5) is 0. The average molecular weight is 683 g/mol. The molecule has 0 unspecified atom stereocenters. The van der Waals surface area contributed by atoms with E-state index >= 15 is 0 Å². The van der Waals surface area contributed by atoms with Gasteiger partial charge in [-0.15, -0.1) is 22.7 Å². The molecule has 12 aromatic rings. The second kappa shape index (κ2) is 10.3. The van der Waals surface area contributed by atoms with Crippen LogP contribution in [-0.2, 0) is 0 Å².